The van der Waals surface area contributed by atoms with Crippen LogP contribution in [0.5, 0.6) is 0 Å². The van der Waals surface area contributed by atoms with Crippen LogP contribution < -0.4 is 11.1 Å². The lowest BCUT2D eigenvalue weighted by Gasteiger charge is -2.32. The molecule has 0 aliphatic carbocycles. The molecule has 0 atom stereocenters. The van der Waals surface area contributed by atoms with E-state index in [1.165, 1.54) is 0 Å². The zero-order valence-corrected chi connectivity index (χ0v) is 19.6. The first kappa shape index (κ1) is 25.0. The minimum atomic E-state index is -0.838. The molecular formula is C25H28F2N4O3. The number of carbonyl (C=O) groups excluding carboxylic acids is 2. The highest BCUT2D eigenvalue weighted by Crippen LogP contribution is 2.23. The number of aryl methyl sites for hydroxylation is 2. The Morgan fingerprint density at radius 2 is 1.79 bits per heavy atom. The van der Waals surface area contributed by atoms with E-state index >= 15 is 0 Å². The molecule has 0 fully saturated rings. The van der Waals surface area contributed by atoms with Gasteiger partial charge in [-0.1, -0.05) is 31.1 Å². The largest absolute Gasteiger partial charge is 0.361 e. The molecule has 180 valence electrons. The third-order valence-electron chi connectivity index (χ3n) is 5.39. The van der Waals surface area contributed by atoms with E-state index in [4.69, 9.17) is 10.3 Å². The monoisotopic (exact) mass is 470 g/mol. The van der Waals surface area contributed by atoms with Crippen LogP contribution in [0.25, 0.3) is 0 Å². The first-order valence-electron chi connectivity index (χ1n) is 10.8. The van der Waals surface area contributed by atoms with E-state index < -0.39 is 17.5 Å². The Morgan fingerprint density at radius 3 is 2.38 bits per heavy atom. The van der Waals surface area contributed by atoms with Gasteiger partial charge in [0.2, 0.25) is 0 Å². The number of nitrogens with zero attached hydrogens (tertiary/aromatic N) is 2. The van der Waals surface area contributed by atoms with Gasteiger partial charge in [-0.3, -0.25) is 9.59 Å². The Morgan fingerprint density at radius 1 is 1.12 bits per heavy atom. The summed E-state index contributed by atoms with van der Waals surface area (Å²) in [6, 6.07) is 9.52. The molecule has 3 aromatic rings. The van der Waals surface area contributed by atoms with Crippen molar-refractivity contribution in [1.29, 1.82) is 0 Å². The molecule has 9 heteroatoms. The third-order valence-corrected chi connectivity index (χ3v) is 5.39. The number of carbonyl (C=O) groups is 2. The fourth-order valence-corrected chi connectivity index (χ4v) is 3.58. The summed E-state index contributed by atoms with van der Waals surface area (Å²) in [6.45, 7) is 8.33. The van der Waals surface area contributed by atoms with E-state index in [2.05, 4.69) is 10.5 Å². The Labute approximate surface area is 196 Å². The van der Waals surface area contributed by atoms with Gasteiger partial charge < -0.3 is 20.5 Å². The molecule has 34 heavy (non-hydrogen) atoms. The SMILES string of the molecule is Cc1noc(C)c1C(=O)N(Cc1cccc(NC(=O)c2cc(F)cc(F)c2)c1)CC(C)(C)CN. The van der Waals surface area contributed by atoms with Gasteiger partial charge in [-0.25, -0.2) is 8.78 Å². The van der Waals surface area contributed by atoms with Gasteiger partial charge in [0.25, 0.3) is 11.8 Å². The number of nitrogens with two attached hydrogens (primary N) is 1. The number of nitrogens with one attached hydrogen (secondary N) is 1. The average molecular weight is 471 g/mol. The van der Waals surface area contributed by atoms with Crippen molar-refractivity contribution in [2.45, 2.75) is 34.2 Å². The number of aromatic nitrogens is 1. The second-order valence-electron chi connectivity index (χ2n) is 9.04. The molecule has 2 aromatic carbocycles. The molecule has 0 saturated carbocycles. The molecule has 2 amide bonds. The maximum atomic E-state index is 13.5. The van der Waals surface area contributed by atoms with Gasteiger partial charge in [-0.15, -0.1) is 0 Å². The van der Waals surface area contributed by atoms with Gasteiger partial charge in [-0.2, -0.15) is 0 Å². The second kappa shape index (κ2) is 10.1. The first-order chi connectivity index (χ1) is 16.0. The molecule has 3 N–H and O–H groups in total. The number of rotatable bonds is 8. The Balaban J connectivity index is 1.84. The highest BCUT2D eigenvalue weighted by atomic mass is 19.1. The van der Waals surface area contributed by atoms with Gasteiger partial charge in [0.1, 0.15) is 23.0 Å². The Hall–Kier alpha value is -3.59. The third kappa shape index (κ3) is 6.05. The molecule has 0 radical (unpaired) electrons. The maximum Gasteiger partial charge on any atom is 0.259 e. The Bertz CT molecular complexity index is 1170. The van der Waals surface area contributed by atoms with Crippen LogP contribution >= 0.6 is 0 Å². The van der Waals surface area contributed by atoms with Crippen LogP contribution in [0.4, 0.5) is 14.5 Å². The van der Waals surface area contributed by atoms with Crippen LogP contribution in [0.1, 0.15) is 51.6 Å². The zero-order valence-electron chi connectivity index (χ0n) is 19.6. The van der Waals surface area contributed by atoms with Crippen molar-refractivity contribution >= 4 is 17.5 Å². The standard InChI is InChI=1S/C25H28F2N4O3/c1-15-22(16(2)34-30-15)24(33)31(14-25(3,4)13-28)12-17-6-5-7-21(8-17)29-23(32)18-9-19(26)11-20(27)10-18/h5-11H,12-14,28H2,1-4H3,(H,29,32). The van der Waals surface area contributed by atoms with E-state index in [1.54, 1.807) is 36.9 Å². The van der Waals surface area contributed by atoms with E-state index in [0.717, 1.165) is 17.7 Å². The number of hydrogen-bond donors (Lipinski definition) is 2. The van der Waals surface area contributed by atoms with Gasteiger partial charge in [0, 0.05) is 30.4 Å². The molecule has 0 bridgehead atoms. The summed E-state index contributed by atoms with van der Waals surface area (Å²) in [5, 5.41) is 6.52. The average Bonchev–Trinajstić information content (AvgIpc) is 3.10. The molecule has 7 nitrogen and oxygen atoms in total. The number of halogens is 2. The van der Waals surface area contributed by atoms with Crippen molar-refractivity contribution in [2.75, 3.05) is 18.4 Å². The van der Waals surface area contributed by atoms with Gasteiger partial charge >= 0.3 is 0 Å². The lowest BCUT2D eigenvalue weighted by molar-refractivity contribution is 0.0670. The smallest absolute Gasteiger partial charge is 0.259 e. The minimum Gasteiger partial charge on any atom is -0.361 e. The lowest BCUT2D eigenvalue weighted by Crippen LogP contribution is -2.42. The number of anilines is 1. The van der Waals surface area contributed by atoms with Crippen LogP contribution in [0.3, 0.4) is 0 Å². The summed E-state index contributed by atoms with van der Waals surface area (Å²) in [5.41, 5.74) is 7.51. The predicted molar refractivity (Wildman–Crippen MR) is 124 cm³/mol. The van der Waals surface area contributed by atoms with Crippen molar-refractivity contribution in [2.24, 2.45) is 11.1 Å². The minimum absolute atomic E-state index is 0.136. The summed E-state index contributed by atoms with van der Waals surface area (Å²) in [6.07, 6.45) is 0. The highest BCUT2D eigenvalue weighted by Gasteiger charge is 2.28. The van der Waals surface area contributed by atoms with Crippen LogP contribution in [-0.4, -0.2) is 35.0 Å². The van der Waals surface area contributed by atoms with E-state index in [0.29, 0.717) is 41.9 Å². The number of amides is 2. The lowest BCUT2D eigenvalue weighted by atomic mass is 9.92. The van der Waals surface area contributed by atoms with Gasteiger partial charge in [0.15, 0.2) is 0 Å². The number of benzene rings is 2. The van der Waals surface area contributed by atoms with Crippen molar-refractivity contribution in [1.82, 2.24) is 10.1 Å². The molecule has 1 aromatic heterocycles. The zero-order chi connectivity index (χ0) is 25.0. The highest BCUT2D eigenvalue weighted by molar-refractivity contribution is 6.04. The summed E-state index contributed by atoms with van der Waals surface area (Å²) >= 11 is 0. The molecule has 0 saturated heterocycles. The quantitative estimate of drug-likeness (QED) is 0.507. The normalized spacial score (nSPS) is 11.4. The van der Waals surface area contributed by atoms with Gasteiger partial charge in [0.05, 0.1) is 5.69 Å². The summed E-state index contributed by atoms with van der Waals surface area (Å²) in [5.74, 6) is -2.13. The van der Waals surface area contributed by atoms with Crippen molar-refractivity contribution in [3.05, 3.63) is 82.2 Å². The topological polar surface area (TPSA) is 101 Å². The molecule has 0 spiro atoms. The summed E-state index contributed by atoms with van der Waals surface area (Å²) in [7, 11) is 0. The summed E-state index contributed by atoms with van der Waals surface area (Å²) < 4.78 is 32.1. The van der Waals surface area contributed by atoms with Crippen molar-refractivity contribution in [3.63, 3.8) is 0 Å². The molecule has 3 rings (SSSR count). The van der Waals surface area contributed by atoms with Gasteiger partial charge in [-0.05, 0) is 55.6 Å². The molecule has 0 unspecified atom stereocenters. The Kier molecular flexibility index (Phi) is 7.46. The second-order valence-corrected chi connectivity index (χ2v) is 9.04. The van der Waals surface area contributed by atoms with Crippen LogP contribution in [0.15, 0.2) is 47.0 Å². The molecule has 1 heterocycles. The fourth-order valence-electron chi connectivity index (χ4n) is 3.58. The maximum absolute atomic E-state index is 13.5. The van der Waals surface area contributed by atoms with Crippen molar-refractivity contribution < 1.29 is 22.9 Å². The fraction of sp³-hybridized carbons (Fsp3) is 0.320. The van der Waals surface area contributed by atoms with Crippen LogP contribution in [-0.2, 0) is 6.54 Å². The first-order valence-corrected chi connectivity index (χ1v) is 10.8. The van der Waals surface area contributed by atoms with E-state index in [1.807, 2.05) is 19.9 Å². The molecule has 0 aliphatic heterocycles. The molecular weight excluding hydrogens is 442 g/mol. The summed E-state index contributed by atoms with van der Waals surface area (Å²) in [4.78, 5) is 27.5. The van der Waals surface area contributed by atoms with Crippen LogP contribution in [0, 0.1) is 30.9 Å². The van der Waals surface area contributed by atoms with E-state index in [9.17, 15) is 18.4 Å². The molecule has 0 aliphatic rings. The van der Waals surface area contributed by atoms with Crippen molar-refractivity contribution in [3.8, 4) is 0 Å². The van der Waals surface area contributed by atoms with E-state index in [-0.39, 0.29) is 23.4 Å². The predicted octanol–water partition coefficient (Wildman–Crippen LogP) is 4.45. The van der Waals surface area contributed by atoms with Crippen LogP contribution in [0.2, 0.25) is 0 Å². The number of hydrogen-bond acceptors (Lipinski definition) is 5.